The highest BCUT2D eigenvalue weighted by Gasteiger charge is 2.20. The van der Waals surface area contributed by atoms with Crippen molar-refractivity contribution in [2.24, 2.45) is 0 Å². The van der Waals surface area contributed by atoms with E-state index in [0.29, 0.717) is 11.8 Å². The quantitative estimate of drug-likeness (QED) is 0.804. The third-order valence-electron chi connectivity index (χ3n) is 1.97. The highest BCUT2D eigenvalue weighted by atomic mass is 19.3. The molecule has 0 aromatic heterocycles. The van der Waals surface area contributed by atoms with Gasteiger partial charge in [0.15, 0.2) is 12.0 Å². The lowest BCUT2D eigenvalue weighted by atomic mass is 10.0. The number of halogens is 2. The molecule has 1 aromatic carbocycles. The average molecular weight is 230 g/mol. The fourth-order valence-electron chi connectivity index (χ4n) is 1.23. The van der Waals surface area contributed by atoms with Crippen molar-refractivity contribution in [1.29, 1.82) is 0 Å². The van der Waals surface area contributed by atoms with E-state index >= 15 is 0 Å². The second kappa shape index (κ2) is 4.69. The molecule has 0 amide bonds. The van der Waals surface area contributed by atoms with Crippen molar-refractivity contribution >= 4 is 12.3 Å². The van der Waals surface area contributed by atoms with E-state index in [1.165, 1.54) is 13.0 Å². The summed E-state index contributed by atoms with van der Waals surface area (Å²) < 4.78 is 28.2. The number of carboxylic acids is 1. The number of rotatable bonds is 4. The zero-order valence-corrected chi connectivity index (χ0v) is 8.24. The van der Waals surface area contributed by atoms with Crippen LogP contribution in [0.4, 0.5) is 8.78 Å². The van der Waals surface area contributed by atoms with Gasteiger partial charge in [-0.05, 0) is 18.6 Å². The van der Waals surface area contributed by atoms with Gasteiger partial charge in [-0.25, -0.2) is 4.79 Å². The van der Waals surface area contributed by atoms with Crippen LogP contribution < -0.4 is 4.74 Å². The predicted molar refractivity (Wildman–Crippen MR) is 50.2 cm³/mol. The molecule has 0 aliphatic rings. The van der Waals surface area contributed by atoms with Crippen molar-refractivity contribution < 1.29 is 28.2 Å². The molecule has 86 valence electrons. The molecular weight excluding hydrogens is 222 g/mol. The topological polar surface area (TPSA) is 63.6 Å². The first-order chi connectivity index (χ1) is 7.47. The molecule has 1 rings (SSSR count). The van der Waals surface area contributed by atoms with Gasteiger partial charge in [0.25, 0.3) is 0 Å². The van der Waals surface area contributed by atoms with Crippen LogP contribution in [0.25, 0.3) is 0 Å². The molecule has 0 spiro atoms. The maximum absolute atomic E-state index is 12.1. The van der Waals surface area contributed by atoms with Gasteiger partial charge < -0.3 is 9.84 Å². The maximum atomic E-state index is 12.1. The van der Waals surface area contributed by atoms with Crippen molar-refractivity contribution in [2.45, 2.75) is 13.5 Å². The van der Waals surface area contributed by atoms with Gasteiger partial charge in [0.2, 0.25) is 0 Å². The Balaban J connectivity index is 3.40. The summed E-state index contributed by atoms with van der Waals surface area (Å²) in [5.41, 5.74) is -0.274. The van der Waals surface area contributed by atoms with E-state index < -0.39 is 23.9 Å². The molecule has 0 unspecified atom stereocenters. The SMILES string of the molecule is Cc1ccc(C(=O)O)c(OC(F)F)c1C=O. The summed E-state index contributed by atoms with van der Waals surface area (Å²) in [5.74, 6) is -2.03. The number of carbonyl (C=O) groups is 2. The Morgan fingerprint density at radius 2 is 2.12 bits per heavy atom. The second-order valence-electron chi connectivity index (χ2n) is 2.97. The van der Waals surface area contributed by atoms with Crippen LogP contribution in [-0.2, 0) is 0 Å². The van der Waals surface area contributed by atoms with Gasteiger partial charge in [0.05, 0.1) is 5.56 Å². The average Bonchev–Trinajstić information content (AvgIpc) is 2.16. The lowest BCUT2D eigenvalue weighted by molar-refractivity contribution is -0.0505. The Hall–Kier alpha value is -1.98. The van der Waals surface area contributed by atoms with Crippen LogP contribution in [0.5, 0.6) is 5.75 Å². The molecule has 0 radical (unpaired) electrons. The van der Waals surface area contributed by atoms with Crippen molar-refractivity contribution in [2.75, 3.05) is 0 Å². The summed E-state index contributed by atoms with van der Waals surface area (Å²) in [7, 11) is 0. The molecule has 0 aliphatic heterocycles. The second-order valence-corrected chi connectivity index (χ2v) is 2.97. The number of benzene rings is 1. The van der Waals surface area contributed by atoms with Crippen molar-refractivity contribution in [3.63, 3.8) is 0 Å². The Kier molecular flexibility index (Phi) is 3.55. The molecule has 0 aliphatic carbocycles. The third-order valence-corrected chi connectivity index (χ3v) is 1.97. The van der Waals surface area contributed by atoms with Gasteiger partial charge in [-0.3, -0.25) is 4.79 Å². The van der Waals surface area contributed by atoms with E-state index in [0.717, 1.165) is 6.07 Å². The number of aromatic carboxylic acids is 1. The standard InChI is InChI=1S/C10H8F2O4/c1-5-2-3-6(9(14)15)8(7(5)4-13)16-10(11)12/h2-4,10H,1H3,(H,14,15). The molecular formula is C10H8F2O4. The third kappa shape index (κ3) is 2.33. The van der Waals surface area contributed by atoms with Crippen LogP contribution >= 0.6 is 0 Å². The van der Waals surface area contributed by atoms with Gasteiger partial charge in [0.1, 0.15) is 5.56 Å². The Morgan fingerprint density at radius 1 is 1.50 bits per heavy atom. The van der Waals surface area contributed by atoms with Gasteiger partial charge in [-0.1, -0.05) is 6.07 Å². The normalized spacial score (nSPS) is 10.2. The number of hydrogen-bond acceptors (Lipinski definition) is 3. The molecule has 6 heteroatoms. The molecule has 0 bridgehead atoms. The Labute approximate surface area is 89.5 Å². The summed E-state index contributed by atoms with van der Waals surface area (Å²) in [6, 6.07) is 2.47. The monoisotopic (exact) mass is 230 g/mol. The minimum absolute atomic E-state index is 0.180. The lowest BCUT2D eigenvalue weighted by Crippen LogP contribution is -2.10. The molecule has 0 saturated carbocycles. The van der Waals surface area contributed by atoms with Crippen LogP contribution in [0.3, 0.4) is 0 Å². The highest BCUT2D eigenvalue weighted by molar-refractivity contribution is 5.95. The van der Waals surface area contributed by atoms with Crippen molar-refractivity contribution in [3.8, 4) is 5.75 Å². The van der Waals surface area contributed by atoms with E-state index in [2.05, 4.69) is 4.74 Å². The van der Waals surface area contributed by atoms with Crippen molar-refractivity contribution in [3.05, 3.63) is 28.8 Å². The minimum atomic E-state index is -3.18. The van der Waals surface area contributed by atoms with E-state index in [4.69, 9.17) is 5.11 Å². The van der Waals surface area contributed by atoms with Crippen LogP contribution in [-0.4, -0.2) is 24.0 Å². The number of aldehydes is 1. The molecule has 4 nitrogen and oxygen atoms in total. The molecule has 1 N–H and O–H groups in total. The summed E-state index contributed by atoms with van der Waals surface area (Å²) in [4.78, 5) is 21.4. The fraction of sp³-hybridized carbons (Fsp3) is 0.200. The molecule has 0 heterocycles. The van der Waals surface area contributed by atoms with Gasteiger partial charge in [-0.2, -0.15) is 8.78 Å². The van der Waals surface area contributed by atoms with Crippen molar-refractivity contribution in [1.82, 2.24) is 0 Å². The number of carbonyl (C=O) groups excluding carboxylic acids is 1. The number of aryl methyl sites for hydroxylation is 1. The van der Waals surface area contributed by atoms with Crippen LogP contribution in [0, 0.1) is 6.92 Å². The number of alkyl halides is 2. The van der Waals surface area contributed by atoms with Gasteiger partial charge in [-0.15, -0.1) is 0 Å². The predicted octanol–water partition coefficient (Wildman–Crippen LogP) is 2.11. The smallest absolute Gasteiger partial charge is 0.387 e. The van der Waals surface area contributed by atoms with E-state index in [9.17, 15) is 18.4 Å². The highest BCUT2D eigenvalue weighted by Crippen LogP contribution is 2.27. The first-order valence-corrected chi connectivity index (χ1v) is 4.24. The number of carboxylic acid groups (broad SMARTS) is 1. The first kappa shape index (κ1) is 12.1. The summed E-state index contributed by atoms with van der Waals surface area (Å²) in [6.07, 6.45) is 0.291. The molecule has 1 aromatic rings. The molecule has 16 heavy (non-hydrogen) atoms. The molecule has 0 atom stereocenters. The zero-order chi connectivity index (χ0) is 12.3. The number of ether oxygens (including phenoxy) is 1. The van der Waals surface area contributed by atoms with Crippen LogP contribution in [0.2, 0.25) is 0 Å². The first-order valence-electron chi connectivity index (χ1n) is 4.24. The Morgan fingerprint density at radius 3 is 2.56 bits per heavy atom. The van der Waals surface area contributed by atoms with E-state index in [1.54, 1.807) is 0 Å². The van der Waals surface area contributed by atoms with E-state index in [-0.39, 0.29) is 5.56 Å². The summed E-state index contributed by atoms with van der Waals surface area (Å²) in [6.45, 7) is -1.69. The number of hydrogen-bond donors (Lipinski definition) is 1. The lowest BCUT2D eigenvalue weighted by Gasteiger charge is -2.11. The summed E-state index contributed by atoms with van der Waals surface area (Å²) >= 11 is 0. The van der Waals surface area contributed by atoms with Crippen LogP contribution in [0.1, 0.15) is 26.3 Å². The van der Waals surface area contributed by atoms with Gasteiger partial charge >= 0.3 is 12.6 Å². The Bertz CT molecular complexity index is 429. The van der Waals surface area contributed by atoms with Gasteiger partial charge in [0, 0.05) is 0 Å². The summed E-state index contributed by atoms with van der Waals surface area (Å²) in [5, 5.41) is 8.75. The molecule has 0 fully saturated rings. The fourth-order valence-corrected chi connectivity index (χ4v) is 1.23. The zero-order valence-electron chi connectivity index (χ0n) is 8.24. The molecule has 0 saturated heterocycles. The van der Waals surface area contributed by atoms with E-state index in [1.807, 2.05) is 0 Å². The minimum Gasteiger partial charge on any atom is -0.478 e. The maximum Gasteiger partial charge on any atom is 0.387 e. The largest absolute Gasteiger partial charge is 0.478 e. The van der Waals surface area contributed by atoms with Crippen LogP contribution in [0.15, 0.2) is 12.1 Å².